The smallest absolute Gasteiger partial charge is 0.142 e. The van der Waals surface area contributed by atoms with Gasteiger partial charge in [0.05, 0.1) is 5.71 Å². The lowest BCUT2D eigenvalue weighted by Crippen LogP contribution is -2.35. The summed E-state index contributed by atoms with van der Waals surface area (Å²) in [6.07, 6.45) is 2.87. The number of likely N-dealkylation sites (tertiary alicyclic amines) is 1. The van der Waals surface area contributed by atoms with Crippen LogP contribution in [-0.4, -0.2) is 30.2 Å². The Bertz CT molecular complexity index is 645. The highest BCUT2D eigenvalue weighted by molar-refractivity contribution is 5.84. The summed E-state index contributed by atoms with van der Waals surface area (Å²) in [4.78, 5) is 7.90. The van der Waals surface area contributed by atoms with E-state index in [9.17, 15) is 4.39 Å². The highest BCUT2D eigenvalue weighted by atomic mass is 19.1. The molecule has 0 spiro atoms. The van der Waals surface area contributed by atoms with Crippen LogP contribution in [0.15, 0.2) is 59.8 Å². The Morgan fingerprint density at radius 2 is 1.62 bits per heavy atom. The lowest BCUT2D eigenvalue weighted by Gasteiger charge is -2.27. The molecule has 3 rings (SSSR count). The van der Waals surface area contributed by atoms with Crippen molar-refractivity contribution in [2.45, 2.75) is 25.9 Å². The lowest BCUT2D eigenvalue weighted by atomic mass is 10.1. The molecular formula is C20H23FN2O. The summed E-state index contributed by atoms with van der Waals surface area (Å²) in [5, 5.41) is 4.29. The van der Waals surface area contributed by atoms with E-state index in [1.807, 2.05) is 42.5 Å². The fraction of sp³-hybridized carbons (Fsp3) is 0.350. The summed E-state index contributed by atoms with van der Waals surface area (Å²) in [6, 6.07) is 16.9. The maximum absolute atomic E-state index is 12.9. The van der Waals surface area contributed by atoms with Gasteiger partial charge in [-0.2, -0.15) is 0 Å². The maximum Gasteiger partial charge on any atom is 0.142 e. The number of rotatable bonds is 6. The Balaban J connectivity index is 1.37. The van der Waals surface area contributed by atoms with E-state index in [4.69, 9.17) is 4.84 Å². The van der Waals surface area contributed by atoms with Crippen LogP contribution in [0.4, 0.5) is 4.39 Å². The predicted molar refractivity (Wildman–Crippen MR) is 94.4 cm³/mol. The second-order valence-electron chi connectivity index (χ2n) is 6.13. The van der Waals surface area contributed by atoms with Gasteiger partial charge in [0.1, 0.15) is 12.4 Å². The minimum Gasteiger partial charge on any atom is -0.391 e. The molecule has 0 aliphatic carbocycles. The first-order valence-electron chi connectivity index (χ1n) is 8.48. The van der Waals surface area contributed by atoms with Crippen molar-refractivity contribution < 1.29 is 9.23 Å². The van der Waals surface area contributed by atoms with Crippen molar-refractivity contribution in [3.63, 3.8) is 0 Å². The van der Waals surface area contributed by atoms with Crippen molar-refractivity contribution >= 4 is 5.71 Å². The predicted octanol–water partition coefficient (Wildman–Crippen LogP) is 4.04. The van der Waals surface area contributed by atoms with E-state index >= 15 is 0 Å². The largest absolute Gasteiger partial charge is 0.391 e. The van der Waals surface area contributed by atoms with Gasteiger partial charge in [0.25, 0.3) is 0 Å². The van der Waals surface area contributed by atoms with Gasteiger partial charge in [-0.05, 0) is 29.7 Å². The molecule has 0 N–H and O–H groups in total. The molecule has 0 saturated carbocycles. The van der Waals surface area contributed by atoms with Crippen molar-refractivity contribution in [1.29, 1.82) is 0 Å². The third-order valence-electron chi connectivity index (χ3n) is 4.33. The average Bonchev–Trinajstić information content (AvgIpc) is 2.63. The average molecular weight is 326 g/mol. The van der Waals surface area contributed by atoms with Crippen LogP contribution in [0.3, 0.4) is 0 Å². The van der Waals surface area contributed by atoms with Crippen LogP contribution in [0, 0.1) is 5.82 Å². The van der Waals surface area contributed by atoms with Crippen molar-refractivity contribution in [1.82, 2.24) is 4.90 Å². The van der Waals surface area contributed by atoms with Crippen LogP contribution in [0.5, 0.6) is 0 Å². The number of halogens is 1. The molecule has 126 valence electrons. The summed E-state index contributed by atoms with van der Waals surface area (Å²) in [5.74, 6) is -0.173. The number of piperidine rings is 1. The topological polar surface area (TPSA) is 24.8 Å². The zero-order chi connectivity index (χ0) is 16.6. The second-order valence-corrected chi connectivity index (χ2v) is 6.13. The van der Waals surface area contributed by atoms with Crippen LogP contribution >= 0.6 is 0 Å². The van der Waals surface area contributed by atoms with E-state index in [1.165, 1.54) is 17.7 Å². The molecule has 1 heterocycles. The molecular weight excluding hydrogens is 303 g/mol. The Morgan fingerprint density at radius 3 is 2.33 bits per heavy atom. The first-order valence-corrected chi connectivity index (χ1v) is 8.48. The van der Waals surface area contributed by atoms with Crippen LogP contribution in [-0.2, 0) is 17.9 Å². The van der Waals surface area contributed by atoms with Gasteiger partial charge in [-0.25, -0.2) is 4.39 Å². The van der Waals surface area contributed by atoms with Gasteiger partial charge >= 0.3 is 0 Å². The molecule has 24 heavy (non-hydrogen) atoms. The minimum absolute atomic E-state index is 0.173. The molecule has 0 aromatic heterocycles. The number of hydrogen-bond acceptors (Lipinski definition) is 3. The highest BCUT2D eigenvalue weighted by Gasteiger charge is 2.15. The van der Waals surface area contributed by atoms with Crippen molar-refractivity contribution in [2.75, 3.05) is 19.6 Å². The van der Waals surface area contributed by atoms with Crippen LogP contribution in [0.25, 0.3) is 0 Å². The van der Waals surface area contributed by atoms with Gasteiger partial charge in [0.15, 0.2) is 0 Å². The van der Waals surface area contributed by atoms with Gasteiger partial charge in [0.2, 0.25) is 0 Å². The summed E-state index contributed by atoms with van der Waals surface area (Å²) < 4.78 is 12.9. The monoisotopic (exact) mass is 326 g/mol. The molecule has 0 unspecified atom stereocenters. The summed E-state index contributed by atoms with van der Waals surface area (Å²) in [5.41, 5.74) is 3.46. The number of hydrogen-bond donors (Lipinski definition) is 0. The van der Waals surface area contributed by atoms with Crippen LogP contribution in [0.1, 0.15) is 24.0 Å². The summed E-state index contributed by atoms with van der Waals surface area (Å²) >= 11 is 0. The van der Waals surface area contributed by atoms with E-state index in [0.29, 0.717) is 6.61 Å². The number of benzene rings is 2. The number of oxime groups is 1. The molecule has 1 fully saturated rings. The summed E-state index contributed by atoms with van der Waals surface area (Å²) in [6.45, 7) is 3.55. The molecule has 0 amide bonds. The molecule has 3 nitrogen and oxygen atoms in total. The SMILES string of the molecule is Fc1ccc(CCN2CCC(=NOCc3ccccc3)CC2)cc1. The first kappa shape index (κ1) is 16.7. The maximum atomic E-state index is 12.9. The minimum atomic E-state index is -0.173. The van der Waals surface area contributed by atoms with Gasteiger partial charge in [-0.1, -0.05) is 47.6 Å². The first-order chi connectivity index (χ1) is 11.8. The molecule has 0 bridgehead atoms. The van der Waals surface area contributed by atoms with Crippen LogP contribution < -0.4 is 0 Å². The Labute approximate surface area is 142 Å². The fourth-order valence-corrected chi connectivity index (χ4v) is 2.84. The van der Waals surface area contributed by atoms with E-state index in [2.05, 4.69) is 10.1 Å². The van der Waals surface area contributed by atoms with Gasteiger partial charge in [-0.15, -0.1) is 0 Å². The molecule has 0 radical (unpaired) electrons. The third kappa shape index (κ3) is 5.17. The molecule has 2 aromatic carbocycles. The standard InChI is InChI=1S/C20H23FN2O/c21-19-8-6-17(7-9-19)10-13-23-14-11-20(12-15-23)22-24-16-18-4-2-1-3-5-18/h1-9H,10-16H2. The molecule has 4 heteroatoms. The molecule has 1 aliphatic heterocycles. The zero-order valence-corrected chi connectivity index (χ0v) is 13.8. The lowest BCUT2D eigenvalue weighted by molar-refractivity contribution is 0.127. The Kier molecular flexibility index (Phi) is 5.96. The summed E-state index contributed by atoms with van der Waals surface area (Å²) in [7, 11) is 0. The molecule has 1 saturated heterocycles. The van der Waals surface area contributed by atoms with E-state index < -0.39 is 0 Å². The molecule has 1 aliphatic rings. The van der Waals surface area contributed by atoms with Gasteiger partial charge < -0.3 is 9.74 Å². The normalized spacial score (nSPS) is 15.3. The highest BCUT2D eigenvalue weighted by Crippen LogP contribution is 2.11. The zero-order valence-electron chi connectivity index (χ0n) is 13.8. The quantitative estimate of drug-likeness (QED) is 0.749. The fourth-order valence-electron chi connectivity index (χ4n) is 2.84. The van der Waals surface area contributed by atoms with Crippen LogP contribution in [0.2, 0.25) is 0 Å². The second kappa shape index (κ2) is 8.60. The van der Waals surface area contributed by atoms with Crippen molar-refractivity contribution in [2.24, 2.45) is 5.16 Å². The third-order valence-corrected chi connectivity index (χ3v) is 4.33. The van der Waals surface area contributed by atoms with Crippen molar-refractivity contribution in [3.05, 3.63) is 71.5 Å². The van der Waals surface area contributed by atoms with E-state index in [1.54, 1.807) is 0 Å². The molecule has 2 aromatic rings. The van der Waals surface area contributed by atoms with Gasteiger partial charge in [0, 0.05) is 32.5 Å². The van der Waals surface area contributed by atoms with E-state index in [-0.39, 0.29) is 5.82 Å². The van der Waals surface area contributed by atoms with E-state index in [0.717, 1.165) is 50.2 Å². The Morgan fingerprint density at radius 1 is 0.917 bits per heavy atom. The Hall–Kier alpha value is -2.20. The number of nitrogens with zero attached hydrogens (tertiary/aromatic N) is 2. The van der Waals surface area contributed by atoms with Gasteiger partial charge in [-0.3, -0.25) is 0 Å². The molecule has 0 atom stereocenters. The van der Waals surface area contributed by atoms with Crippen molar-refractivity contribution in [3.8, 4) is 0 Å².